The highest BCUT2D eigenvalue weighted by Gasteiger charge is 2.43. The van der Waals surface area contributed by atoms with Crippen LogP contribution in [-0.4, -0.2) is 13.2 Å². The van der Waals surface area contributed by atoms with E-state index in [2.05, 4.69) is 5.32 Å². The summed E-state index contributed by atoms with van der Waals surface area (Å²) < 4.78 is 66.5. The Hall–Kier alpha value is -1.82. The molecule has 0 amide bonds. The number of unbranched alkanes of at least 4 members (excludes halogenated alkanes) is 2. The monoisotopic (exact) mass is 443 g/mol. The van der Waals surface area contributed by atoms with E-state index in [1.807, 2.05) is 13.8 Å². The van der Waals surface area contributed by atoms with Crippen LogP contribution >= 0.6 is 7.60 Å². The number of alkyl halides is 3. The molecule has 0 bridgehead atoms. The SMILES string of the molecule is CCCCOP(=O)(OCCCC)[C@@H](Nc1ccccc1)c1ccccc1C(F)(F)F. The predicted molar refractivity (Wildman–Crippen MR) is 114 cm³/mol. The lowest BCUT2D eigenvalue weighted by atomic mass is 10.1. The third-order valence-electron chi connectivity index (χ3n) is 4.49. The minimum Gasteiger partial charge on any atom is -0.368 e. The van der Waals surface area contributed by atoms with Crippen molar-refractivity contribution in [1.29, 1.82) is 0 Å². The molecule has 0 saturated heterocycles. The first-order chi connectivity index (χ1) is 14.3. The molecule has 0 unspecified atom stereocenters. The van der Waals surface area contributed by atoms with E-state index >= 15 is 0 Å². The lowest BCUT2D eigenvalue weighted by molar-refractivity contribution is -0.138. The van der Waals surface area contributed by atoms with Gasteiger partial charge >= 0.3 is 13.8 Å². The van der Waals surface area contributed by atoms with Crippen LogP contribution in [0, 0.1) is 0 Å². The molecule has 0 aliphatic carbocycles. The van der Waals surface area contributed by atoms with E-state index in [4.69, 9.17) is 9.05 Å². The second kappa shape index (κ2) is 11.5. The molecular weight excluding hydrogens is 414 g/mol. The summed E-state index contributed by atoms with van der Waals surface area (Å²) in [5.74, 6) is -1.30. The van der Waals surface area contributed by atoms with Gasteiger partial charge in [0.25, 0.3) is 0 Å². The van der Waals surface area contributed by atoms with E-state index in [1.165, 1.54) is 18.2 Å². The van der Waals surface area contributed by atoms with Gasteiger partial charge in [-0.3, -0.25) is 4.57 Å². The van der Waals surface area contributed by atoms with Crippen molar-refractivity contribution in [3.05, 3.63) is 65.7 Å². The van der Waals surface area contributed by atoms with Crippen LogP contribution in [0.4, 0.5) is 18.9 Å². The molecule has 4 nitrogen and oxygen atoms in total. The molecule has 0 spiro atoms. The fraction of sp³-hybridized carbons (Fsp3) is 0.455. The van der Waals surface area contributed by atoms with Crippen LogP contribution in [0.2, 0.25) is 0 Å². The molecule has 1 N–H and O–H groups in total. The van der Waals surface area contributed by atoms with Crippen LogP contribution in [0.15, 0.2) is 54.6 Å². The molecule has 30 heavy (non-hydrogen) atoms. The normalized spacial score (nSPS) is 13.2. The zero-order chi connectivity index (χ0) is 22.0. The van der Waals surface area contributed by atoms with Crippen molar-refractivity contribution in [3.8, 4) is 0 Å². The van der Waals surface area contributed by atoms with Crippen molar-refractivity contribution in [2.45, 2.75) is 51.5 Å². The quantitative estimate of drug-likeness (QED) is 0.270. The van der Waals surface area contributed by atoms with Gasteiger partial charge in [0.15, 0.2) is 5.78 Å². The molecule has 0 fully saturated rings. The van der Waals surface area contributed by atoms with Crippen LogP contribution < -0.4 is 5.32 Å². The van der Waals surface area contributed by atoms with E-state index in [0.29, 0.717) is 18.5 Å². The van der Waals surface area contributed by atoms with Crippen molar-refractivity contribution in [2.75, 3.05) is 18.5 Å². The van der Waals surface area contributed by atoms with E-state index < -0.39 is 25.1 Å². The Morgan fingerprint density at radius 2 is 1.43 bits per heavy atom. The van der Waals surface area contributed by atoms with Crippen LogP contribution in [0.3, 0.4) is 0 Å². The third-order valence-corrected chi connectivity index (χ3v) is 6.62. The fourth-order valence-corrected chi connectivity index (χ4v) is 4.88. The summed E-state index contributed by atoms with van der Waals surface area (Å²) in [4.78, 5) is 0. The zero-order valence-electron chi connectivity index (χ0n) is 17.3. The minimum absolute atomic E-state index is 0.140. The van der Waals surface area contributed by atoms with Gasteiger partial charge in [-0.25, -0.2) is 0 Å². The smallest absolute Gasteiger partial charge is 0.368 e. The standard InChI is InChI=1S/C22H29F3NO3P/c1-3-5-16-28-30(27,29-17-6-4-2)21(26-18-12-8-7-9-13-18)19-14-10-11-15-20(19)22(23,24)25/h7-15,21,26H,3-6,16-17H2,1-2H3/t21-/m1/s1. The second-order valence-electron chi connectivity index (χ2n) is 6.91. The highest BCUT2D eigenvalue weighted by Crippen LogP contribution is 2.62. The van der Waals surface area contributed by atoms with Gasteiger partial charge in [-0.1, -0.05) is 63.1 Å². The lowest BCUT2D eigenvalue weighted by Gasteiger charge is -2.30. The van der Waals surface area contributed by atoms with Gasteiger partial charge in [0, 0.05) is 5.69 Å². The van der Waals surface area contributed by atoms with Crippen LogP contribution in [0.25, 0.3) is 0 Å². The topological polar surface area (TPSA) is 47.6 Å². The summed E-state index contributed by atoms with van der Waals surface area (Å²) in [5.41, 5.74) is -0.500. The molecule has 0 heterocycles. The van der Waals surface area contributed by atoms with E-state index in [9.17, 15) is 17.7 Å². The van der Waals surface area contributed by atoms with Gasteiger partial charge in [0.1, 0.15) is 0 Å². The maximum absolute atomic E-state index is 13.9. The van der Waals surface area contributed by atoms with Crippen LogP contribution in [-0.2, 0) is 19.8 Å². The summed E-state index contributed by atoms with van der Waals surface area (Å²) >= 11 is 0. The number of nitrogens with one attached hydrogen (secondary N) is 1. The largest absolute Gasteiger partial charge is 0.416 e. The number of hydrogen-bond acceptors (Lipinski definition) is 4. The van der Waals surface area contributed by atoms with Gasteiger partial charge in [-0.15, -0.1) is 0 Å². The Morgan fingerprint density at radius 1 is 0.900 bits per heavy atom. The van der Waals surface area contributed by atoms with Gasteiger partial charge < -0.3 is 14.4 Å². The molecule has 0 saturated carbocycles. The number of anilines is 1. The van der Waals surface area contributed by atoms with E-state index in [0.717, 1.165) is 18.9 Å². The summed E-state index contributed by atoms with van der Waals surface area (Å²) in [6, 6.07) is 13.8. The summed E-state index contributed by atoms with van der Waals surface area (Å²) in [5, 5.41) is 2.99. The second-order valence-corrected chi connectivity index (χ2v) is 9.02. The molecule has 8 heteroatoms. The molecule has 0 aliphatic heterocycles. The fourth-order valence-electron chi connectivity index (χ4n) is 2.87. The number of hydrogen-bond donors (Lipinski definition) is 1. The third kappa shape index (κ3) is 6.86. The van der Waals surface area contributed by atoms with Crippen molar-refractivity contribution in [1.82, 2.24) is 0 Å². The van der Waals surface area contributed by atoms with Gasteiger partial charge in [-0.2, -0.15) is 13.2 Å². The molecule has 2 aromatic carbocycles. The molecule has 2 aromatic rings. The molecule has 0 aromatic heterocycles. The van der Waals surface area contributed by atoms with Gasteiger partial charge in [0.2, 0.25) is 0 Å². The van der Waals surface area contributed by atoms with Gasteiger partial charge in [0.05, 0.1) is 18.8 Å². The van der Waals surface area contributed by atoms with E-state index in [1.54, 1.807) is 30.3 Å². The summed E-state index contributed by atoms with van der Waals surface area (Å²) in [7, 11) is -3.98. The first-order valence-electron chi connectivity index (χ1n) is 10.2. The van der Waals surface area contributed by atoms with Crippen molar-refractivity contribution in [3.63, 3.8) is 0 Å². The van der Waals surface area contributed by atoms with Crippen LogP contribution in [0.5, 0.6) is 0 Å². The zero-order valence-corrected chi connectivity index (χ0v) is 18.2. The first kappa shape index (κ1) is 24.4. The average molecular weight is 443 g/mol. The average Bonchev–Trinajstić information content (AvgIpc) is 2.72. The number of para-hydroxylation sites is 1. The molecule has 0 radical (unpaired) electrons. The summed E-state index contributed by atoms with van der Waals surface area (Å²) in [6.07, 6.45) is -1.76. The Labute approximate surface area is 176 Å². The maximum Gasteiger partial charge on any atom is 0.416 e. The van der Waals surface area contributed by atoms with Crippen molar-refractivity contribution >= 4 is 13.3 Å². The molecule has 0 aliphatic rings. The molecular formula is C22H29F3NO3P. The Kier molecular flexibility index (Phi) is 9.40. The Balaban J connectivity index is 2.53. The number of halogens is 3. The molecule has 1 atom stereocenters. The Bertz CT molecular complexity index is 801. The first-order valence-corrected chi connectivity index (χ1v) is 11.8. The van der Waals surface area contributed by atoms with Crippen LogP contribution in [0.1, 0.15) is 56.4 Å². The van der Waals surface area contributed by atoms with Crippen molar-refractivity contribution in [2.24, 2.45) is 0 Å². The highest BCUT2D eigenvalue weighted by atomic mass is 31.2. The number of rotatable bonds is 12. The maximum atomic E-state index is 13.9. The summed E-state index contributed by atoms with van der Waals surface area (Å²) in [6.45, 7) is 4.18. The molecule has 166 valence electrons. The minimum atomic E-state index is -4.61. The predicted octanol–water partition coefficient (Wildman–Crippen LogP) is 7.64. The van der Waals surface area contributed by atoms with E-state index in [-0.39, 0.29) is 18.8 Å². The Morgan fingerprint density at radius 3 is 1.97 bits per heavy atom. The van der Waals surface area contributed by atoms with Gasteiger partial charge in [-0.05, 0) is 36.6 Å². The van der Waals surface area contributed by atoms with Crippen molar-refractivity contribution < 1.29 is 26.8 Å². The highest BCUT2D eigenvalue weighted by molar-refractivity contribution is 7.54. The number of benzene rings is 2. The lowest BCUT2D eigenvalue weighted by Crippen LogP contribution is -2.20. The molecule has 2 rings (SSSR count).